The molecule has 0 spiro atoms. The molecule has 0 aromatic heterocycles. The Hall–Kier alpha value is -0.0800. The average Bonchev–Trinajstić information content (AvgIpc) is 2.69. The second-order valence-electron chi connectivity index (χ2n) is 3.07. The summed E-state index contributed by atoms with van der Waals surface area (Å²) in [7, 11) is 1.74. The molecule has 60 valence electrons. The van der Waals surface area contributed by atoms with Crippen LogP contribution in [-0.2, 0) is 4.74 Å². The third-order valence-corrected chi connectivity index (χ3v) is 2.10. The smallest absolute Gasteiger partial charge is 0.0587 e. The van der Waals surface area contributed by atoms with Crippen LogP contribution in [0.5, 0.6) is 0 Å². The van der Waals surface area contributed by atoms with E-state index in [1.165, 1.54) is 12.8 Å². The van der Waals surface area contributed by atoms with Crippen molar-refractivity contribution in [2.75, 3.05) is 20.3 Å². The maximum atomic E-state index is 4.93. The van der Waals surface area contributed by atoms with Crippen molar-refractivity contribution in [3.05, 3.63) is 0 Å². The first-order chi connectivity index (χ1) is 4.84. The number of ether oxygens (including phenoxy) is 1. The molecule has 1 fully saturated rings. The molecule has 0 aromatic rings. The lowest BCUT2D eigenvalue weighted by molar-refractivity contribution is 0.195. The van der Waals surface area contributed by atoms with E-state index in [0.717, 1.165) is 19.1 Å². The summed E-state index contributed by atoms with van der Waals surface area (Å²) in [5.41, 5.74) is 0. The van der Waals surface area contributed by atoms with Crippen LogP contribution < -0.4 is 5.32 Å². The van der Waals surface area contributed by atoms with Gasteiger partial charge in [-0.1, -0.05) is 0 Å². The highest BCUT2D eigenvalue weighted by Crippen LogP contribution is 2.32. The Bertz CT molecular complexity index is 91.3. The molecule has 2 nitrogen and oxygen atoms in total. The Labute approximate surface area is 63.0 Å². The molecule has 1 aliphatic carbocycles. The van der Waals surface area contributed by atoms with Gasteiger partial charge in [0, 0.05) is 19.7 Å². The van der Waals surface area contributed by atoms with Crippen LogP contribution in [-0.4, -0.2) is 26.3 Å². The predicted molar refractivity (Wildman–Crippen MR) is 42.1 cm³/mol. The largest absolute Gasteiger partial charge is 0.383 e. The maximum Gasteiger partial charge on any atom is 0.0587 e. The molecule has 1 aliphatic rings. The minimum atomic E-state index is 0.704. The van der Waals surface area contributed by atoms with E-state index in [9.17, 15) is 0 Å². The number of hydrogen-bond acceptors (Lipinski definition) is 2. The van der Waals surface area contributed by atoms with Crippen molar-refractivity contribution in [1.29, 1.82) is 0 Å². The first-order valence-corrected chi connectivity index (χ1v) is 4.07. The van der Waals surface area contributed by atoms with E-state index >= 15 is 0 Å². The molecule has 0 unspecified atom stereocenters. The van der Waals surface area contributed by atoms with Crippen LogP contribution in [0.4, 0.5) is 0 Å². The normalized spacial score (nSPS) is 21.0. The fourth-order valence-electron chi connectivity index (χ4n) is 1.15. The van der Waals surface area contributed by atoms with Gasteiger partial charge in [0.1, 0.15) is 0 Å². The fraction of sp³-hybridized carbons (Fsp3) is 1.00. The summed E-state index contributed by atoms with van der Waals surface area (Å²) >= 11 is 0. The highest BCUT2D eigenvalue weighted by Gasteiger charge is 2.26. The SMILES string of the molecule is COCCN[C@H](C)C1CC1. The predicted octanol–water partition coefficient (Wildman–Crippen LogP) is 1.02. The van der Waals surface area contributed by atoms with Crippen molar-refractivity contribution in [3.63, 3.8) is 0 Å². The zero-order chi connectivity index (χ0) is 7.40. The third kappa shape index (κ3) is 2.67. The molecule has 10 heavy (non-hydrogen) atoms. The van der Waals surface area contributed by atoms with E-state index in [-0.39, 0.29) is 0 Å². The van der Waals surface area contributed by atoms with Crippen molar-refractivity contribution >= 4 is 0 Å². The molecular formula is C8H17NO. The summed E-state index contributed by atoms with van der Waals surface area (Å²) in [6.07, 6.45) is 2.84. The van der Waals surface area contributed by atoms with Crippen LogP contribution in [0.3, 0.4) is 0 Å². The summed E-state index contributed by atoms with van der Waals surface area (Å²) in [5.74, 6) is 0.955. The summed E-state index contributed by atoms with van der Waals surface area (Å²) in [5, 5.41) is 3.42. The van der Waals surface area contributed by atoms with E-state index in [1.54, 1.807) is 7.11 Å². The van der Waals surface area contributed by atoms with Gasteiger partial charge < -0.3 is 10.1 Å². The highest BCUT2D eigenvalue weighted by atomic mass is 16.5. The lowest BCUT2D eigenvalue weighted by Gasteiger charge is -2.11. The molecule has 1 atom stereocenters. The average molecular weight is 143 g/mol. The van der Waals surface area contributed by atoms with Gasteiger partial charge >= 0.3 is 0 Å². The van der Waals surface area contributed by atoms with E-state index in [4.69, 9.17) is 4.74 Å². The second-order valence-corrected chi connectivity index (χ2v) is 3.07. The Morgan fingerprint density at radius 2 is 2.30 bits per heavy atom. The van der Waals surface area contributed by atoms with Gasteiger partial charge in [0.05, 0.1) is 6.61 Å². The molecular weight excluding hydrogens is 126 g/mol. The highest BCUT2D eigenvalue weighted by molar-refractivity contribution is 4.82. The van der Waals surface area contributed by atoms with Crippen LogP contribution in [0.25, 0.3) is 0 Å². The summed E-state index contributed by atoms with van der Waals surface area (Å²) in [4.78, 5) is 0. The van der Waals surface area contributed by atoms with Crippen LogP contribution in [0.15, 0.2) is 0 Å². The van der Waals surface area contributed by atoms with Crippen molar-refractivity contribution < 1.29 is 4.74 Å². The van der Waals surface area contributed by atoms with Gasteiger partial charge in [0.25, 0.3) is 0 Å². The second kappa shape index (κ2) is 3.94. The molecule has 0 aromatic carbocycles. The van der Waals surface area contributed by atoms with E-state index in [2.05, 4.69) is 12.2 Å². The third-order valence-electron chi connectivity index (χ3n) is 2.10. The minimum Gasteiger partial charge on any atom is -0.383 e. The van der Waals surface area contributed by atoms with Gasteiger partial charge in [0.2, 0.25) is 0 Å². The molecule has 0 heterocycles. The van der Waals surface area contributed by atoms with Gasteiger partial charge in [-0.3, -0.25) is 0 Å². The molecule has 2 heteroatoms. The molecule has 1 N–H and O–H groups in total. The van der Waals surface area contributed by atoms with Crippen molar-refractivity contribution in [1.82, 2.24) is 5.32 Å². The summed E-state index contributed by atoms with van der Waals surface area (Å²) in [6.45, 7) is 4.08. The quantitative estimate of drug-likeness (QED) is 0.580. The summed E-state index contributed by atoms with van der Waals surface area (Å²) < 4.78 is 4.93. The lowest BCUT2D eigenvalue weighted by atomic mass is 10.2. The van der Waals surface area contributed by atoms with Crippen LogP contribution in [0, 0.1) is 5.92 Å². The van der Waals surface area contributed by atoms with E-state index in [0.29, 0.717) is 6.04 Å². The molecule has 0 bridgehead atoms. The maximum absolute atomic E-state index is 4.93. The molecule has 0 saturated heterocycles. The van der Waals surface area contributed by atoms with E-state index < -0.39 is 0 Å². The monoisotopic (exact) mass is 143 g/mol. The first-order valence-electron chi connectivity index (χ1n) is 4.07. The van der Waals surface area contributed by atoms with Crippen LogP contribution in [0.1, 0.15) is 19.8 Å². The van der Waals surface area contributed by atoms with Gasteiger partial charge in [-0.2, -0.15) is 0 Å². The standard InChI is InChI=1S/C8H17NO/c1-7(8-3-4-8)9-5-6-10-2/h7-9H,3-6H2,1-2H3/t7-/m1/s1. The Kier molecular flexibility index (Phi) is 3.16. The lowest BCUT2D eigenvalue weighted by Crippen LogP contribution is -2.30. The zero-order valence-electron chi connectivity index (χ0n) is 6.89. The van der Waals surface area contributed by atoms with Crippen LogP contribution in [0.2, 0.25) is 0 Å². The van der Waals surface area contributed by atoms with Gasteiger partial charge in [-0.25, -0.2) is 0 Å². The molecule has 1 rings (SSSR count). The minimum absolute atomic E-state index is 0.704. The van der Waals surface area contributed by atoms with Crippen LogP contribution >= 0.6 is 0 Å². The van der Waals surface area contributed by atoms with Gasteiger partial charge in [-0.05, 0) is 25.7 Å². The molecule has 1 saturated carbocycles. The van der Waals surface area contributed by atoms with E-state index in [1.807, 2.05) is 0 Å². The van der Waals surface area contributed by atoms with Gasteiger partial charge in [-0.15, -0.1) is 0 Å². The zero-order valence-corrected chi connectivity index (χ0v) is 6.89. The van der Waals surface area contributed by atoms with Gasteiger partial charge in [0.15, 0.2) is 0 Å². The van der Waals surface area contributed by atoms with Crippen molar-refractivity contribution in [2.45, 2.75) is 25.8 Å². The first kappa shape index (κ1) is 8.02. The number of methoxy groups -OCH3 is 1. The fourth-order valence-corrected chi connectivity index (χ4v) is 1.15. The summed E-state index contributed by atoms with van der Waals surface area (Å²) in [6, 6.07) is 0.704. The van der Waals surface area contributed by atoms with Crippen molar-refractivity contribution in [2.24, 2.45) is 5.92 Å². The molecule has 0 amide bonds. The number of rotatable bonds is 5. The Morgan fingerprint density at radius 1 is 1.60 bits per heavy atom. The number of nitrogens with one attached hydrogen (secondary N) is 1. The molecule has 0 radical (unpaired) electrons. The Balaban J connectivity index is 1.90. The topological polar surface area (TPSA) is 21.3 Å². The molecule has 0 aliphatic heterocycles. The number of hydrogen-bond donors (Lipinski definition) is 1. The van der Waals surface area contributed by atoms with Crippen molar-refractivity contribution in [3.8, 4) is 0 Å². The Morgan fingerprint density at radius 3 is 2.80 bits per heavy atom.